The van der Waals surface area contributed by atoms with Gasteiger partial charge >= 0.3 is 0 Å². The van der Waals surface area contributed by atoms with Crippen molar-refractivity contribution in [2.24, 2.45) is 0 Å². The molecule has 0 fully saturated rings. The molecule has 0 radical (unpaired) electrons. The van der Waals surface area contributed by atoms with Gasteiger partial charge in [0.15, 0.2) is 5.43 Å². The first-order chi connectivity index (χ1) is 13.5. The highest BCUT2D eigenvalue weighted by molar-refractivity contribution is 9.10. The second-order valence-electron chi connectivity index (χ2n) is 6.13. The molecule has 3 aromatic carbocycles. The van der Waals surface area contributed by atoms with E-state index in [0.717, 1.165) is 4.47 Å². The second kappa shape index (κ2) is 7.62. The van der Waals surface area contributed by atoms with E-state index in [2.05, 4.69) is 21.2 Å². The van der Waals surface area contributed by atoms with Crippen LogP contribution in [0.3, 0.4) is 0 Å². The molecule has 0 spiro atoms. The van der Waals surface area contributed by atoms with Crippen molar-refractivity contribution in [3.8, 4) is 11.3 Å². The number of fused-ring (bicyclic) bond motifs is 1. The molecule has 1 heterocycles. The maximum Gasteiger partial charge on any atom is 0.255 e. The molecule has 4 rings (SSSR count). The molecule has 138 valence electrons. The van der Waals surface area contributed by atoms with Gasteiger partial charge in [0.1, 0.15) is 11.3 Å². The van der Waals surface area contributed by atoms with Gasteiger partial charge in [-0.25, -0.2) is 0 Å². The molecular formula is C22H13BrClNO3. The van der Waals surface area contributed by atoms with Crippen molar-refractivity contribution in [3.63, 3.8) is 0 Å². The number of carbonyl (C=O) groups excluding carboxylic acids is 1. The van der Waals surface area contributed by atoms with Gasteiger partial charge in [-0.15, -0.1) is 0 Å². The molecular weight excluding hydrogens is 442 g/mol. The predicted octanol–water partition coefficient (Wildman–Crippen LogP) is 6.13. The second-order valence-corrected chi connectivity index (χ2v) is 7.45. The molecule has 0 saturated heterocycles. The van der Waals surface area contributed by atoms with Crippen LogP contribution >= 0.6 is 27.5 Å². The largest absolute Gasteiger partial charge is 0.456 e. The van der Waals surface area contributed by atoms with Crippen molar-refractivity contribution in [1.82, 2.24) is 0 Å². The molecule has 1 aromatic heterocycles. The highest BCUT2D eigenvalue weighted by Gasteiger charge is 2.12. The molecule has 4 aromatic rings. The van der Waals surface area contributed by atoms with Crippen molar-refractivity contribution < 1.29 is 9.21 Å². The fourth-order valence-corrected chi connectivity index (χ4v) is 3.33. The van der Waals surface area contributed by atoms with E-state index < -0.39 is 0 Å². The number of carbonyl (C=O) groups is 1. The molecule has 0 atom stereocenters. The summed E-state index contributed by atoms with van der Waals surface area (Å²) >= 11 is 9.54. The third kappa shape index (κ3) is 3.72. The minimum absolute atomic E-state index is 0.212. The van der Waals surface area contributed by atoms with E-state index in [9.17, 15) is 9.59 Å². The first-order valence-corrected chi connectivity index (χ1v) is 9.58. The van der Waals surface area contributed by atoms with Crippen LogP contribution in [-0.4, -0.2) is 5.91 Å². The Hall–Kier alpha value is -2.89. The molecule has 1 N–H and O–H groups in total. The van der Waals surface area contributed by atoms with Gasteiger partial charge in [0.05, 0.1) is 10.4 Å². The van der Waals surface area contributed by atoms with Gasteiger partial charge in [0.2, 0.25) is 0 Å². The maximum atomic E-state index is 12.6. The van der Waals surface area contributed by atoms with Crippen LogP contribution in [0.25, 0.3) is 22.3 Å². The van der Waals surface area contributed by atoms with E-state index in [1.807, 2.05) is 12.1 Å². The highest BCUT2D eigenvalue weighted by Crippen LogP contribution is 2.29. The molecule has 6 heteroatoms. The van der Waals surface area contributed by atoms with E-state index in [1.54, 1.807) is 54.6 Å². The lowest BCUT2D eigenvalue weighted by Gasteiger charge is -2.08. The van der Waals surface area contributed by atoms with Gasteiger partial charge in [-0.2, -0.15) is 0 Å². The number of benzene rings is 3. The standard InChI is InChI=1S/C22H13BrClNO3/c23-14-7-5-13(6-8-14)22(27)25-15-9-10-20-17(11-15)19(26)12-21(28-20)16-3-1-2-4-18(16)24/h1-12H,(H,25,27). The predicted molar refractivity (Wildman–Crippen MR) is 115 cm³/mol. The maximum absolute atomic E-state index is 12.6. The summed E-state index contributed by atoms with van der Waals surface area (Å²) in [5.74, 6) is 0.138. The van der Waals surface area contributed by atoms with Gasteiger partial charge in [-0.3, -0.25) is 9.59 Å². The summed E-state index contributed by atoms with van der Waals surface area (Å²) in [6.45, 7) is 0. The fourth-order valence-electron chi connectivity index (χ4n) is 2.83. The van der Waals surface area contributed by atoms with Crippen molar-refractivity contribution in [2.75, 3.05) is 5.32 Å². The minimum atomic E-state index is -0.260. The summed E-state index contributed by atoms with van der Waals surface area (Å²) in [6, 6.07) is 20.5. The molecule has 28 heavy (non-hydrogen) atoms. The van der Waals surface area contributed by atoms with Crippen LogP contribution in [0, 0.1) is 0 Å². The normalized spacial score (nSPS) is 10.8. The Bertz CT molecular complexity index is 1250. The highest BCUT2D eigenvalue weighted by atomic mass is 79.9. The Morgan fingerprint density at radius 3 is 2.46 bits per heavy atom. The quantitative estimate of drug-likeness (QED) is 0.405. The summed E-state index contributed by atoms with van der Waals surface area (Å²) in [5, 5.41) is 3.68. The van der Waals surface area contributed by atoms with E-state index in [4.69, 9.17) is 16.0 Å². The van der Waals surface area contributed by atoms with E-state index in [0.29, 0.717) is 38.6 Å². The average molecular weight is 455 g/mol. The lowest BCUT2D eigenvalue weighted by Crippen LogP contribution is -2.12. The minimum Gasteiger partial charge on any atom is -0.456 e. The van der Waals surface area contributed by atoms with Gasteiger partial charge in [-0.1, -0.05) is 39.7 Å². The SMILES string of the molecule is O=C(Nc1ccc2oc(-c3ccccc3Cl)cc(=O)c2c1)c1ccc(Br)cc1. The van der Waals surface area contributed by atoms with E-state index >= 15 is 0 Å². The van der Waals surface area contributed by atoms with E-state index in [1.165, 1.54) is 6.07 Å². The van der Waals surface area contributed by atoms with Gasteiger partial charge in [0.25, 0.3) is 5.91 Å². The van der Waals surface area contributed by atoms with Crippen molar-refractivity contribution in [3.05, 3.63) is 98.1 Å². The van der Waals surface area contributed by atoms with Crippen LogP contribution in [0.1, 0.15) is 10.4 Å². The van der Waals surface area contributed by atoms with Crippen LogP contribution in [0.4, 0.5) is 5.69 Å². The first-order valence-electron chi connectivity index (χ1n) is 8.41. The van der Waals surface area contributed by atoms with Crippen LogP contribution in [0.2, 0.25) is 5.02 Å². The molecule has 0 bridgehead atoms. The van der Waals surface area contributed by atoms with Crippen LogP contribution < -0.4 is 10.7 Å². The van der Waals surface area contributed by atoms with Crippen LogP contribution in [0.5, 0.6) is 0 Å². The number of amides is 1. The van der Waals surface area contributed by atoms with Crippen molar-refractivity contribution in [1.29, 1.82) is 0 Å². The Labute approximate surface area is 173 Å². The fraction of sp³-hybridized carbons (Fsp3) is 0. The third-order valence-electron chi connectivity index (χ3n) is 4.23. The first kappa shape index (κ1) is 18.5. The summed E-state index contributed by atoms with van der Waals surface area (Å²) in [5.41, 5.74) is 1.89. The summed E-state index contributed by atoms with van der Waals surface area (Å²) < 4.78 is 6.76. The number of nitrogens with one attached hydrogen (secondary N) is 1. The molecule has 4 nitrogen and oxygen atoms in total. The van der Waals surface area contributed by atoms with Crippen molar-refractivity contribution in [2.45, 2.75) is 0 Å². The van der Waals surface area contributed by atoms with Crippen molar-refractivity contribution >= 4 is 50.1 Å². The Kier molecular flexibility index (Phi) is 5.03. The Balaban J connectivity index is 1.68. The zero-order chi connectivity index (χ0) is 19.7. The zero-order valence-corrected chi connectivity index (χ0v) is 16.8. The Morgan fingerprint density at radius 2 is 1.71 bits per heavy atom. The third-order valence-corrected chi connectivity index (χ3v) is 5.09. The van der Waals surface area contributed by atoms with Crippen LogP contribution in [0.15, 0.2) is 86.5 Å². The summed E-state index contributed by atoms with van der Waals surface area (Å²) in [4.78, 5) is 25.0. The smallest absolute Gasteiger partial charge is 0.255 e. The molecule has 0 aliphatic carbocycles. The topological polar surface area (TPSA) is 59.3 Å². The van der Waals surface area contributed by atoms with E-state index in [-0.39, 0.29) is 11.3 Å². The van der Waals surface area contributed by atoms with Gasteiger partial charge in [0, 0.05) is 27.4 Å². The zero-order valence-electron chi connectivity index (χ0n) is 14.4. The van der Waals surface area contributed by atoms with Crippen LogP contribution in [-0.2, 0) is 0 Å². The number of hydrogen-bond donors (Lipinski definition) is 1. The number of halogens is 2. The molecule has 0 aliphatic heterocycles. The molecule has 1 amide bonds. The molecule has 0 aliphatic rings. The summed E-state index contributed by atoms with van der Waals surface area (Å²) in [6.07, 6.45) is 0. The summed E-state index contributed by atoms with van der Waals surface area (Å²) in [7, 11) is 0. The average Bonchev–Trinajstić information content (AvgIpc) is 2.69. The Morgan fingerprint density at radius 1 is 0.964 bits per heavy atom. The lowest BCUT2D eigenvalue weighted by atomic mass is 10.1. The van der Waals surface area contributed by atoms with Gasteiger partial charge in [-0.05, 0) is 54.6 Å². The lowest BCUT2D eigenvalue weighted by molar-refractivity contribution is 0.102. The molecule has 0 saturated carbocycles. The number of rotatable bonds is 3. The molecule has 0 unspecified atom stereocenters. The number of anilines is 1. The van der Waals surface area contributed by atoms with Gasteiger partial charge < -0.3 is 9.73 Å². The monoisotopic (exact) mass is 453 g/mol. The number of hydrogen-bond acceptors (Lipinski definition) is 3.